The second kappa shape index (κ2) is 5.62. The molecule has 0 spiro atoms. The number of imide groups is 1. The first kappa shape index (κ1) is 14.1. The minimum Gasteiger partial charge on any atom is -0.455 e. The fourth-order valence-electron chi connectivity index (χ4n) is 2.61. The second-order valence-corrected chi connectivity index (χ2v) is 6.45. The van der Waals surface area contributed by atoms with Crippen molar-refractivity contribution in [3.05, 3.63) is 42.5 Å². The van der Waals surface area contributed by atoms with Crippen molar-refractivity contribution in [1.29, 1.82) is 0 Å². The molecule has 1 saturated heterocycles. The molecule has 0 aliphatic carbocycles. The molecule has 116 valence electrons. The third kappa shape index (κ3) is 2.66. The fraction of sp³-hybridized carbons (Fsp3) is 0.176. The van der Waals surface area contributed by atoms with Crippen LogP contribution in [0.15, 0.2) is 52.3 Å². The van der Waals surface area contributed by atoms with E-state index in [1.54, 1.807) is 11.8 Å². The number of nitrogens with one attached hydrogen (secondary N) is 1. The summed E-state index contributed by atoms with van der Waals surface area (Å²) < 4.78 is 5.88. The zero-order chi connectivity index (χ0) is 15.8. The Labute approximate surface area is 137 Å². The van der Waals surface area contributed by atoms with Gasteiger partial charge in [0.15, 0.2) is 0 Å². The molecule has 2 aromatic carbocycles. The second-order valence-electron chi connectivity index (χ2n) is 5.36. The van der Waals surface area contributed by atoms with Crippen LogP contribution in [0.5, 0.6) is 11.5 Å². The zero-order valence-electron chi connectivity index (χ0n) is 12.2. The molecular formula is C17H14N2O3S. The third-order valence-corrected chi connectivity index (χ3v) is 4.92. The summed E-state index contributed by atoms with van der Waals surface area (Å²) in [5.41, 5.74) is 0.853. The Hall–Kier alpha value is -2.47. The lowest BCUT2D eigenvalue weighted by atomic mass is 10.3. The van der Waals surface area contributed by atoms with Crippen LogP contribution in [0.1, 0.15) is 12.8 Å². The number of benzene rings is 2. The van der Waals surface area contributed by atoms with Gasteiger partial charge in [0, 0.05) is 18.5 Å². The molecule has 0 saturated carbocycles. The van der Waals surface area contributed by atoms with E-state index in [4.69, 9.17) is 4.74 Å². The van der Waals surface area contributed by atoms with E-state index in [-0.39, 0.29) is 18.5 Å². The van der Waals surface area contributed by atoms with Gasteiger partial charge < -0.3 is 10.1 Å². The van der Waals surface area contributed by atoms with Gasteiger partial charge >= 0.3 is 0 Å². The van der Waals surface area contributed by atoms with Gasteiger partial charge in [0.25, 0.3) is 0 Å². The molecular weight excluding hydrogens is 312 g/mol. The summed E-state index contributed by atoms with van der Waals surface area (Å²) in [6, 6.07) is 13.7. The molecule has 4 rings (SSSR count). The molecule has 2 aromatic rings. The van der Waals surface area contributed by atoms with Crippen LogP contribution in [-0.4, -0.2) is 23.4 Å². The van der Waals surface area contributed by atoms with Crippen molar-refractivity contribution in [3.63, 3.8) is 0 Å². The van der Waals surface area contributed by atoms with Crippen molar-refractivity contribution in [2.75, 3.05) is 12.0 Å². The Morgan fingerprint density at radius 1 is 1.00 bits per heavy atom. The average molecular weight is 326 g/mol. The standard InChI is InChI=1S/C17H14N2O3S/c20-16-7-8-17(21)19(16)10-18-11-5-6-13-15(9-11)23-14-4-2-1-3-12(14)22-13/h1-6,9,18H,7-8,10H2. The lowest BCUT2D eigenvalue weighted by molar-refractivity contribution is -0.137. The number of carbonyl (C=O) groups is 2. The van der Waals surface area contributed by atoms with Crippen molar-refractivity contribution in [2.24, 2.45) is 0 Å². The van der Waals surface area contributed by atoms with Gasteiger partial charge in [0.1, 0.15) is 11.5 Å². The number of amides is 2. The molecule has 0 aromatic heterocycles. The van der Waals surface area contributed by atoms with Gasteiger partial charge in [-0.1, -0.05) is 23.9 Å². The van der Waals surface area contributed by atoms with Crippen LogP contribution in [0.2, 0.25) is 0 Å². The van der Waals surface area contributed by atoms with Crippen LogP contribution >= 0.6 is 11.8 Å². The average Bonchev–Trinajstić information content (AvgIpc) is 2.89. The summed E-state index contributed by atoms with van der Waals surface area (Å²) >= 11 is 1.64. The monoisotopic (exact) mass is 326 g/mol. The molecule has 1 N–H and O–H groups in total. The molecule has 0 unspecified atom stereocenters. The minimum atomic E-state index is -0.118. The highest BCUT2D eigenvalue weighted by atomic mass is 32.2. The Morgan fingerprint density at radius 2 is 1.74 bits per heavy atom. The van der Waals surface area contributed by atoms with Crippen molar-refractivity contribution in [2.45, 2.75) is 22.6 Å². The van der Waals surface area contributed by atoms with Gasteiger partial charge in [0.05, 0.1) is 16.5 Å². The van der Waals surface area contributed by atoms with Crippen molar-refractivity contribution in [3.8, 4) is 11.5 Å². The Kier molecular flexibility index (Phi) is 3.46. The number of carbonyl (C=O) groups excluding carboxylic acids is 2. The lowest BCUT2D eigenvalue weighted by Gasteiger charge is -2.21. The summed E-state index contributed by atoms with van der Waals surface area (Å²) in [5, 5.41) is 3.14. The van der Waals surface area contributed by atoms with E-state index in [0.29, 0.717) is 12.8 Å². The highest BCUT2D eigenvalue weighted by Gasteiger charge is 2.28. The normalized spacial score (nSPS) is 15.9. The first-order valence-electron chi connectivity index (χ1n) is 7.36. The number of hydrogen-bond acceptors (Lipinski definition) is 5. The molecule has 6 heteroatoms. The molecule has 0 atom stereocenters. The Balaban J connectivity index is 1.50. The summed E-state index contributed by atoms with van der Waals surface area (Å²) in [5.74, 6) is 1.44. The maximum absolute atomic E-state index is 11.6. The molecule has 2 heterocycles. The van der Waals surface area contributed by atoms with Gasteiger partial charge in [-0.3, -0.25) is 14.5 Å². The SMILES string of the molecule is O=C1CCC(=O)N1CNc1ccc2c(c1)Sc1ccccc1O2. The number of likely N-dealkylation sites (tertiary alicyclic amines) is 1. The van der Waals surface area contributed by atoms with Gasteiger partial charge in [-0.05, 0) is 30.3 Å². The maximum atomic E-state index is 11.6. The van der Waals surface area contributed by atoms with E-state index in [1.807, 2.05) is 42.5 Å². The highest BCUT2D eigenvalue weighted by Crippen LogP contribution is 2.47. The fourth-order valence-corrected chi connectivity index (χ4v) is 3.60. The summed E-state index contributed by atoms with van der Waals surface area (Å²) in [6.07, 6.45) is 0.621. The van der Waals surface area contributed by atoms with Crippen LogP contribution in [-0.2, 0) is 9.59 Å². The van der Waals surface area contributed by atoms with E-state index in [2.05, 4.69) is 5.32 Å². The lowest BCUT2D eigenvalue weighted by Crippen LogP contribution is -2.33. The molecule has 0 radical (unpaired) electrons. The van der Waals surface area contributed by atoms with Crippen molar-refractivity contribution >= 4 is 29.3 Å². The number of ether oxygens (including phenoxy) is 1. The van der Waals surface area contributed by atoms with Crippen LogP contribution in [0.25, 0.3) is 0 Å². The zero-order valence-corrected chi connectivity index (χ0v) is 13.1. The topological polar surface area (TPSA) is 58.6 Å². The molecule has 5 nitrogen and oxygen atoms in total. The summed E-state index contributed by atoms with van der Waals surface area (Å²) in [6.45, 7) is 0.207. The van der Waals surface area contributed by atoms with Crippen molar-refractivity contribution < 1.29 is 14.3 Å². The van der Waals surface area contributed by atoms with E-state index >= 15 is 0 Å². The van der Waals surface area contributed by atoms with E-state index in [9.17, 15) is 9.59 Å². The first-order valence-corrected chi connectivity index (χ1v) is 8.18. The van der Waals surface area contributed by atoms with E-state index in [0.717, 1.165) is 27.0 Å². The number of rotatable bonds is 3. The highest BCUT2D eigenvalue weighted by molar-refractivity contribution is 7.99. The number of anilines is 1. The first-order chi connectivity index (χ1) is 11.2. The maximum Gasteiger partial charge on any atom is 0.231 e. The van der Waals surface area contributed by atoms with Gasteiger partial charge in [-0.2, -0.15) is 0 Å². The van der Waals surface area contributed by atoms with Crippen molar-refractivity contribution in [1.82, 2.24) is 4.90 Å². The van der Waals surface area contributed by atoms with Crippen LogP contribution in [0.3, 0.4) is 0 Å². The summed E-state index contributed by atoms with van der Waals surface area (Å²) in [7, 11) is 0. The smallest absolute Gasteiger partial charge is 0.231 e. The molecule has 2 aliphatic heterocycles. The van der Waals surface area contributed by atoms with Crippen LogP contribution < -0.4 is 10.1 Å². The molecule has 23 heavy (non-hydrogen) atoms. The number of hydrogen-bond donors (Lipinski definition) is 1. The molecule has 0 bridgehead atoms. The predicted octanol–water partition coefficient (Wildman–Crippen LogP) is 3.46. The molecule has 2 amide bonds. The van der Waals surface area contributed by atoms with Gasteiger partial charge in [-0.15, -0.1) is 0 Å². The Morgan fingerprint density at radius 3 is 2.57 bits per heavy atom. The summed E-state index contributed by atoms with van der Waals surface area (Å²) in [4.78, 5) is 26.6. The largest absolute Gasteiger partial charge is 0.455 e. The van der Waals surface area contributed by atoms with Crippen LogP contribution in [0, 0.1) is 0 Å². The van der Waals surface area contributed by atoms with E-state index < -0.39 is 0 Å². The Bertz CT molecular complexity index is 790. The quantitative estimate of drug-likeness (QED) is 0.747. The number of nitrogens with zero attached hydrogens (tertiary/aromatic N) is 1. The van der Waals surface area contributed by atoms with Gasteiger partial charge in [0.2, 0.25) is 11.8 Å². The molecule has 2 aliphatic rings. The predicted molar refractivity (Wildman–Crippen MR) is 86.7 cm³/mol. The third-order valence-electron chi connectivity index (χ3n) is 3.83. The number of fused-ring (bicyclic) bond motifs is 2. The minimum absolute atomic E-state index is 0.118. The van der Waals surface area contributed by atoms with Crippen LogP contribution in [0.4, 0.5) is 5.69 Å². The van der Waals surface area contributed by atoms with Gasteiger partial charge in [-0.25, -0.2) is 0 Å². The van der Waals surface area contributed by atoms with E-state index in [1.165, 1.54) is 4.90 Å². The number of para-hydroxylation sites is 1. The molecule has 1 fully saturated rings.